The van der Waals surface area contributed by atoms with Crippen LogP contribution in [-0.2, 0) is 5.41 Å². The average Bonchev–Trinajstić information content (AvgIpc) is 3.39. The van der Waals surface area contributed by atoms with Crippen LogP contribution in [-0.4, -0.2) is 9.97 Å². The molecule has 3 nitrogen and oxygen atoms in total. The van der Waals surface area contributed by atoms with E-state index in [1.54, 1.807) is 0 Å². The Kier molecular flexibility index (Phi) is 5.41. The fourth-order valence-electron chi connectivity index (χ4n) is 7.09. The maximum atomic E-state index is 6.74. The van der Waals surface area contributed by atoms with Crippen LogP contribution in [0.5, 0.6) is 11.5 Å². The van der Waals surface area contributed by atoms with Crippen molar-refractivity contribution in [2.45, 2.75) is 5.41 Å². The van der Waals surface area contributed by atoms with Crippen LogP contribution < -0.4 is 4.74 Å². The molecule has 1 aliphatic heterocycles. The quantitative estimate of drug-likeness (QED) is 0.215. The number of benzene rings is 6. The minimum Gasteiger partial charge on any atom is -0.457 e. The zero-order valence-corrected chi connectivity index (χ0v) is 23.8. The molecule has 0 fully saturated rings. The lowest BCUT2D eigenvalue weighted by molar-refractivity contribution is 0.436. The molecule has 0 saturated carbocycles. The zero-order chi connectivity index (χ0) is 29.1. The van der Waals surface area contributed by atoms with Crippen LogP contribution in [0.4, 0.5) is 0 Å². The lowest BCUT2D eigenvalue weighted by atomic mass is 9.66. The van der Waals surface area contributed by atoms with Gasteiger partial charge in [-0.05, 0) is 40.5 Å². The van der Waals surface area contributed by atoms with Gasteiger partial charge >= 0.3 is 0 Å². The Balaban J connectivity index is 1.28. The van der Waals surface area contributed by atoms with Crippen LogP contribution in [0.25, 0.3) is 45.0 Å². The van der Waals surface area contributed by atoms with Crippen LogP contribution in [0.15, 0.2) is 158 Å². The van der Waals surface area contributed by atoms with Gasteiger partial charge in [-0.25, -0.2) is 9.97 Å². The average molecular weight is 563 g/mol. The van der Waals surface area contributed by atoms with Gasteiger partial charge in [0.1, 0.15) is 11.5 Å². The minimum absolute atomic E-state index is 0.480. The second-order valence-corrected chi connectivity index (χ2v) is 11.3. The molecule has 0 unspecified atom stereocenters. The van der Waals surface area contributed by atoms with E-state index in [9.17, 15) is 0 Å². The Morgan fingerprint density at radius 2 is 0.909 bits per heavy atom. The summed E-state index contributed by atoms with van der Waals surface area (Å²) in [7, 11) is 0. The van der Waals surface area contributed by atoms with Crippen LogP contribution in [0.3, 0.4) is 0 Å². The molecule has 0 N–H and O–H groups in total. The van der Waals surface area contributed by atoms with E-state index in [-0.39, 0.29) is 0 Å². The number of para-hydroxylation sites is 1. The Hall–Kier alpha value is -5.80. The lowest BCUT2D eigenvalue weighted by Gasteiger charge is -2.39. The first-order valence-corrected chi connectivity index (χ1v) is 14.9. The largest absolute Gasteiger partial charge is 0.457 e. The predicted molar refractivity (Wildman–Crippen MR) is 176 cm³/mol. The Bertz CT molecular complexity index is 2100. The summed E-state index contributed by atoms with van der Waals surface area (Å²) in [6.07, 6.45) is 0. The maximum Gasteiger partial charge on any atom is 0.160 e. The SMILES string of the molecule is c1ccc(-c2cc(-c3ccc4c(c3)Oc3ccccc3C43c4ccccc4-c4ccccc43)nc(-c3ccccc3)n2)cc1. The van der Waals surface area contributed by atoms with Gasteiger partial charge in [0.2, 0.25) is 0 Å². The van der Waals surface area contributed by atoms with E-state index in [1.165, 1.54) is 22.3 Å². The van der Waals surface area contributed by atoms with Gasteiger partial charge in [-0.1, -0.05) is 140 Å². The predicted octanol–water partition coefficient (Wildman–Crippen LogP) is 9.95. The van der Waals surface area contributed by atoms with Crippen molar-refractivity contribution in [2.24, 2.45) is 0 Å². The summed E-state index contributed by atoms with van der Waals surface area (Å²) >= 11 is 0. The number of aromatic nitrogens is 2. The fraction of sp³-hybridized carbons (Fsp3) is 0.0244. The van der Waals surface area contributed by atoms with Crippen molar-refractivity contribution < 1.29 is 4.74 Å². The molecule has 3 heteroatoms. The van der Waals surface area contributed by atoms with Crippen LogP contribution in [0, 0.1) is 0 Å². The van der Waals surface area contributed by atoms with E-state index in [1.807, 2.05) is 36.4 Å². The molecule has 6 aromatic carbocycles. The highest BCUT2D eigenvalue weighted by Gasteiger charge is 2.50. The topological polar surface area (TPSA) is 35.0 Å². The van der Waals surface area contributed by atoms with Crippen molar-refractivity contribution in [3.05, 3.63) is 180 Å². The molecule has 1 spiro atoms. The Morgan fingerprint density at radius 1 is 0.386 bits per heavy atom. The molecule has 2 heterocycles. The fourth-order valence-corrected chi connectivity index (χ4v) is 7.09. The zero-order valence-electron chi connectivity index (χ0n) is 23.8. The van der Waals surface area contributed by atoms with Crippen molar-refractivity contribution in [1.82, 2.24) is 9.97 Å². The van der Waals surface area contributed by atoms with E-state index in [2.05, 4.69) is 121 Å². The lowest BCUT2D eigenvalue weighted by Crippen LogP contribution is -2.32. The summed E-state index contributed by atoms with van der Waals surface area (Å²) in [6.45, 7) is 0. The molecule has 1 aliphatic carbocycles. The highest BCUT2D eigenvalue weighted by Crippen LogP contribution is 2.62. The van der Waals surface area contributed by atoms with Crippen LogP contribution in [0.1, 0.15) is 22.3 Å². The molecule has 44 heavy (non-hydrogen) atoms. The van der Waals surface area contributed by atoms with Crippen molar-refractivity contribution in [1.29, 1.82) is 0 Å². The van der Waals surface area contributed by atoms with Gasteiger partial charge in [-0.2, -0.15) is 0 Å². The van der Waals surface area contributed by atoms with Gasteiger partial charge in [0.25, 0.3) is 0 Å². The summed E-state index contributed by atoms with van der Waals surface area (Å²) < 4.78 is 6.74. The smallest absolute Gasteiger partial charge is 0.160 e. The van der Waals surface area contributed by atoms with E-state index < -0.39 is 5.41 Å². The van der Waals surface area contributed by atoms with Gasteiger partial charge in [0.15, 0.2) is 5.82 Å². The Morgan fingerprint density at radius 3 is 1.59 bits per heavy atom. The molecule has 0 atom stereocenters. The summed E-state index contributed by atoms with van der Waals surface area (Å²) in [6, 6.07) is 55.2. The molecule has 206 valence electrons. The maximum absolute atomic E-state index is 6.74. The number of hydrogen-bond acceptors (Lipinski definition) is 3. The van der Waals surface area contributed by atoms with Gasteiger partial charge in [0.05, 0.1) is 16.8 Å². The number of nitrogens with zero attached hydrogens (tertiary/aromatic N) is 2. The van der Waals surface area contributed by atoms with Crippen molar-refractivity contribution in [2.75, 3.05) is 0 Å². The molecule has 2 aliphatic rings. The summed E-state index contributed by atoms with van der Waals surface area (Å²) in [5.74, 6) is 2.41. The molecule has 0 amide bonds. The third-order valence-electron chi connectivity index (χ3n) is 8.97. The highest BCUT2D eigenvalue weighted by molar-refractivity contribution is 5.89. The monoisotopic (exact) mass is 562 g/mol. The van der Waals surface area contributed by atoms with Gasteiger partial charge in [-0.3, -0.25) is 0 Å². The van der Waals surface area contributed by atoms with Crippen molar-refractivity contribution in [3.8, 4) is 56.5 Å². The van der Waals surface area contributed by atoms with E-state index in [0.29, 0.717) is 5.82 Å². The third-order valence-corrected chi connectivity index (χ3v) is 8.97. The third kappa shape index (κ3) is 3.56. The van der Waals surface area contributed by atoms with Crippen LogP contribution in [0.2, 0.25) is 0 Å². The summed E-state index contributed by atoms with van der Waals surface area (Å²) in [5, 5.41) is 0. The molecule has 7 aromatic rings. The van der Waals surface area contributed by atoms with Crippen molar-refractivity contribution >= 4 is 0 Å². The second-order valence-electron chi connectivity index (χ2n) is 11.3. The first-order chi connectivity index (χ1) is 21.8. The molecular formula is C41H26N2O. The van der Waals surface area contributed by atoms with E-state index >= 15 is 0 Å². The molecule has 9 rings (SSSR count). The number of rotatable bonds is 3. The minimum atomic E-state index is -0.480. The first-order valence-electron chi connectivity index (χ1n) is 14.9. The summed E-state index contributed by atoms with van der Waals surface area (Å²) in [5.41, 5.74) is 11.7. The molecule has 0 saturated heterocycles. The van der Waals surface area contributed by atoms with Gasteiger partial charge < -0.3 is 4.74 Å². The molecule has 1 aromatic heterocycles. The molecule has 0 bridgehead atoms. The molecule has 0 radical (unpaired) electrons. The van der Waals surface area contributed by atoms with Gasteiger partial charge in [0, 0.05) is 27.8 Å². The number of ether oxygens (including phenoxy) is 1. The van der Waals surface area contributed by atoms with E-state index in [0.717, 1.165) is 50.7 Å². The first kappa shape index (κ1) is 24.8. The standard InChI is InChI=1S/C41H26N2O/c1-3-13-27(14-4-1)36-26-37(43-40(42-36)28-15-5-2-6-16-28)29-23-24-35-39(25-29)44-38-22-12-11-21-34(38)41(35)32-19-9-7-17-30(32)31-18-8-10-20-33(31)41/h1-26H. The Labute approximate surface area is 256 Å². The highest BCUT2D eigenvalue weighted by atomic mass is 16.5. The number of hydrogen-bond donors (Lipinski definition) is 0. The molecular weight excluding hydrogens is 536 g/mol. The van der Waals surface area contributed by atoms with Crippen LogP contribution >= 0.6 is 0 Å². The second kappa shape index (κ2) is 9.62. The van der Waals surface area contributed by atoms with E-state index in [4.69, 9.17) is 14.7 Å². The van der Waals surface area contributed by atoms with Gasteiger partial charge in [-0.15, -0.1) is 0 Å². The number of fused-ring (bicyclic) bond motifs is 9. The summed E-state index contributed by atoms with van der Waals surface area (Å²) in [4.78, 5) is 10.1. The normalized spacial score (nSPS) is 13.4. The van der Waals surface area contributed by atoms with Crippen molar-refractivity contribution in [3.63, 3.8) is 0 Å².